The lowest BCUT2D eigenvalue weighted by Crippen LogP contribution is -2.43. The van der Waals surface area contributed by atoms with Crippen molar-refractivity contribution in [2.75, 3.05) is 27.3 Å². The lowest BCUT2D eigenvalue weighted by Gasteiger charge is -2.28. The van der Waals surface area contributed by atoms with Gasteiger partial charge in [0.2, 0.25) is 0 Å². The van der Waals surface area contributed by atoms with Crippen molar-refractivity contribution in [3.8, 4) is 45.4 Å². The number of amides is 2. The zero-order valence-corrected chi connectivity index (χ0v) is 46.2. The molecule has 4 aromatic heterocycles. The Kier molecular flexibility index (Phi) is 13.0. The van der Waals surface area contributed by atoms with Crippen LogP contribution in [0.5, 0.6) is 11.5 Å². The van der Waals surface area contributed by atoms with Gasteiger partial charge in [0.05, 0.1) is 25.3 Å². The monoisotopic (exact) mass is 1050 g/mol. The van der Waals surface area contributed by atoms with E-state index in [4.69, 9.17) is 25.2 Å². The number of ether oxygens (including phenoxy) is 2. The Hall–Kier alpha value is -7.94. The highest BCUT2D eigenvalue weighted by atomic mass is 16.5. The largest absolute Gasteiger partial charge is 0.494 e. The lowest BCUT2D eigenvalue weighted by atomic mass is 10.0. The summed E-state index contributed by atoms with van der Waals surface area (Å²) in [5, 5.41) is 3.90. The molecular formula is C65H70N10O4. The van der Waals surface area contributed by atoms with Gasteiger partial charge in [0.1, 0.15) is 34.2 Å². The van der Waals surface area contributed by atoms with Crippen LogP contribution in [0, 0.1) is 11.8 Å². The maximum absolute atomic E-state index is 14.5. The van der Waals surface area contributed by atoms with E-state index in [1.807, 2.05) is 49.3 Å². The first-order valence-electron chi connectivity index (χ1n) is 28.3. The number of methoxy groups -OCH3 is 2. The number of nitrogens with one attached hydrogen (secondary N) is 1. The minimum absolute atomic E-state index is 0.000540. The number of carbonyl (C=O) groups is 2. The smallest absolute Gasteiger partial charge is 0.254 e. The SMILES string of the molecule is CCc1c(-c2nc3cc(C(=O)N4C[C@H]5CC[C@@H]4[C@@H]5N)cc(OC)c3n2C)ccn1Cc1cccc(-c2ccc(CN[C@@H]3[C@@H]4CC[C@H]3N(C(=O)c3cc(OC)c5c(c3)nc(-c3ccn(Cc6ccccc6)c3CC)n5C)C4)cc2)c1. The molecule has 79 heavy (non-hydrogen) atoms. The van der Waals surface area contributed by atoms with Crippen LogP contribution >= 0.6 is 0 Å². The van der Waals surface area contributed by atoms with Crippen molar-refractivity contribution in [3.63, 3.8) is 0 Å². The molecule has 14 nitrogen and oxygen atoms in total. The first kappa shape index (κ1) is 50.6. The van der Waals surface area contributed by atoms with Gasteiger partial charge in [0.25, 0.3) is 11.8 Å². The first-order valence-corrected chi connectivity index (χ1v) is 28.3. The van der Waals surface area contributed by atoms with Crippen LogP contribution < -0.4 is 20.5 Å². The Morgan fingerprint density at radius 1 is 0.595 bits per heavy atom. The highest BCUT2D eigenvalue weighted by molar-refractivity contribution is 6.01. The molecule has 0 spiro atoms. The van der Waals surface area contributed by atoms with E-state index in [0.29, 0.717) is 47.6 Å². The van der Waals surface area contributed by atoms with Crippen LogP contribution in [0.4, 0.5) is 0 Å². The molecule has 4 aliphatic rings. The van der Waals surface area contributed by atoms with Gasteiger partial charge in [0.15, 0.2) is 0 Å². The molecule has 0 radical (unpaired) electrons. The Balaban J connectivity index is 0.670. The third-order valence-corrected chi connectivity index (χ3v) is 18.2. The molecule has 4 bridgehead atoms. The van der Waals surface area contributed by atoms with E-state index in [-0.39, 0.29) is 36.0 Å². The summed E-state index contributed by atoms with van der Waals surface area (Å²) in [6, 6.07) is 40.7. The van der Waals surface area contributed by atoms with Crippen LogP contribution in [0.1, 0.15) is 88.3 Å². The van der Waals surface area contributed by atoms with Gasteiger partial charge in [-0.25, -0.2) is 9.97 Å². The van der Waals surface area contributed by atoms with Crippen LogP contribution in [-0.2, 0) is 46.6 Å². The molecule has 13 rings (SSSR count). The van der Waals surface area contributed by atoms with Gasteiger partial charge >= 0.3 is 0 Å². The zero-order valence-electron chi connectivity index (χ0n) is 46.2. The predicted molar refractivity (Wildman–Crippen MR) is 310 cm³/mol. The van der Waals surface area contributed by atoms with Gasteiger partial charge in [-0.05, 0) is 121 Å². The third-order valence-electron chi connectivity index (χ3n) is 18.2. The number of carbonyl (C=O) groups excluding carboxylic acids is 2. The molecule has 0 unspecified atom stereocenters. The number of aryl methyl sites for hydroxylation is 2. The Morgan fingerprint density at radius 2 is 1.14 bits per heavy atom. The van der Waals surface area contributed by atoms with E-state index in [1.165, 1.54) is 39.2 Å². The molecule has 6 atom stereocenters. The standard InChI is InChI=1S/C65H70N10O4/c1-7-52-48(25-27-72(52)35-40-13-10-9-11-14-40)62-69-51-31-47(33-57(79-6)61(51)70(62)3)65(77)75-38-45-22-24-55(75)59(45)67-34-39-17-19-42(20-18-39)43-16-12-15-41(29-43)36-73-28-26-49(53(73)8-2)63-68-50-30-46(32-56(78-5)60(50)71(63)4)64(76)74-37-44-21-23-54(74)58(44)66/h9-20,25-33,44-45,54-55,58-59,67H,7-8,21-24,34-38,66H2,1-6H3/t44-,45-,54-,55-,58-,59-/m1/s1. The number of fused-ring (bicyclic) bond motifs is 6. The maximum Gasteiger partial charge on any atom is 0.254 e. The zero-order chi connectivity index (χ0) is 54.2. The summed E-state index contributed by atoms with van der Waals surface area (Å²) in [6.45, 7) is 8.06. The predicted octanol–water partition coefficient (Wildman–Crippen LogP) is 10.3. The topological polar surface area (TPSA) is 143 Å². The Labute approximate surface area is 461 Å². The number of piperidine rings is 2. The number of aromatic nitrogens is 6. The number of nitrogens with zero attached hydrogens (tertiary/aromatic N) is 8. The van der Waals surface area contributed by atoms with E-state index in [2.05, 4.69) is 140 Å². The van der Waals surface area contributed by atoms with Crippen molar-refractivity contribution in [2.45, 2.75) is 96.2 Å². The first-order chi connectivity index (χ1) is 38.5. The van der Waals surface area contributed by atoms with Crippen molar-refractivity contribution in [1.29, 1.82) is 0 Å². The second kappa shape index (κ2) is 20.4. The van der Waals surface area contributed by atoms with Crippen molar-refractivity contribution in [1.82, 2.24) is 43.4 Å². The summed E-state index contributed by atoms with van der Waals surface area (Å²) in [4.78, 5) is 42.8. The minimum Gasteiger partial charge on any atom is -0.494 e. The molecule has 3 N–H and O–H groups in total. The van der Waals surface area contributed by atoms with Crippen molar-refractivity contribution in [3.05, 3.63) is 167 Å². The molecule has 2 aliphatic carbocycles. The number of hydrogen-bond acceptors (Lipinski definition) is 8. The fourth-order valence-corrected chi connectivity index (χ4v) is 14.2. The fourth-order valence-electron chi connectivity index (χ4n) is 14.2. The average molecular weight is 1060 g/mol. The van der Waals surface area contributed by atoms with Gasteiger partial charge in [-0.3, -0.25) is 9.59 Å². The average Bonchev–Trinajstić information content (AvgIpc) is 4.41. The molecular weight excluding hydrogens is 985 g/mol. The van der Waals surface area contributed by atoms with Gasteiger partial charge < -0.3 is 48.6 Å². The van der Waals surface area contributed by atoms with Crippen LogP contribution in [0.25, 0.3) is 56.0 Å². The molecule has 14 heteroatoms. The molecule has 9 aromatic rings. The third kappa shape index (κ3) is 8.71. The van der Waals surface area contributed by atoms with E-state index in [1.54, 1.807) is 14.2 Å². The number of hydrogen-bond donors (Lipinski definition) is 2. The lowest BCUT2D eigenvalue weighted by molar-refractivity contribution is 0.0692. The highest BCUT2D eigenvalue weighted by Crippen LogP contribution is 2.42. The molecule has 2 saturated carbocycles. The summed E-state index contributed by atoms with van der Waals surface area (Å²) in [5.41, 5.74) is 21.5. The highest BCUT2D eigenvalue weighted by Gasteiger charge is 2.49. The maximum atomic E-state index is 14.5. The van der Waals surface area contributed by atoms with Crippen molar-refractivity contribution in [2.24, 2.45) is 31.7 Å². The van der Waals surface area contributed by atoms with E-state index < -0.39 is 0 Å². The molecule has 404 valence electrons. The number of rotatable bonds is 16. The quantitative estimate of drug-likeness (QED) is 0.0974. The second-order valence-electron chi connectivity index (χ2n) is 22.5. The summed E-state index contributed by atoms with van der Waals surface area (Å²) >= 11 is 0. The van der Waals surface area contributed by atoms with E-state index in [0.717, 1.165) is 103 Å². The van der Waals surface area contributed by atoms with Gasteiger partial charge in [-0.2, -0.15) is 0 Å². The van der Waals surface area contributed by atoms with Crippen LogP contribution in [0.15, 0.2) is 128 Å². The fraction of sp³-hybridized carbons (Fsp3) is 0.354. The second-order valence-corrected chi connectivity index (χ2v) is 22.5. The molecule has 6 heterocycles. The molecule has 2 aliphatic heterocycles. The summed E-state index contributed by atoms with van der Waals surface area (Å²) in [5.74, 6) is 3.79. The minimum atomic E-state index is 0.000540. The van der Waals surface area contributed by atoms with Gasteiger partial charge in [-0.15, -0.1) is 0 Å². The number of benzene rings is 5. The molecule has 4 fully saturated rings. The normalized spacial score (nSPS) is 20.4. The number of imidazole rings is 2. The Bertz CT molecular complexity index is 3790. The summed E-state index contributed by atoms with van der Waals surface area (Å²) in [6.07, 6.45) is 10.1. The van der Waals surface area contributed by atoms with E-state index in [9.17, 15) is 9.59 Å². The molecule has 2 saturated heterocycles. The molecule has 5 aromatic carbocycles. The van der Waals surface area contributed by atoms with Crippen molar-refractivity contribution >= 4 is 33.9 Å². The van der Waals surface area contributed by atoms with Crippen LogP contribution in [-0.4, -0.2) is 101 Å². The van der Waals surface area contributed by atoms with Gasteiger partial charge in [0, 0.05) is 117 Å². The Morgan fingerprint density at radius 3 is 1.70 bits per heavy atom. The van der Waals surface area contributed by atoms with Crippen LogP contribution in [0.2, 0.25) is 0 Å². The molecule has 2 amide bonds. The summed E-state index contributed by atoms with van der Waals surface area (Å²) < 4.78 is 20.7. The summed E-state index contributed by atoms with van der Waals surface area (Å²) in [7, 11) is 7.39. The van der Waals surface area contributed by atoms with E-state index >= 15 is 0 Å². The van der Waals surface area contributed by atoms with Crippen molar-refractivity contribution < 1.29 is 19.1 Å². The van der Waals surface area contributed by atoms with Crippen LogP contribution in [0.3, 0.4) is 0 Å². The number of likely N-dealkylation sites (tertiary alicyclic amines) is 2. The van der Waals surface area contributed by atoms with Gasteiger partial charge in [-0.1, -0.05) is 86.6 Å². The number of nitrogens with two attached hydrogens (primary N) is 1.